The maximum absolute atomic E-state index is 12.6. The second-order valence-corrected chi connectivity index (χ2v) is 9.39. The van der Waals surface area contributed by atoms with E-state index in [0.717, 1.165) is 4.31 Å². The third-order valence-corrected chi connectivity index (χ3v) is 6.20. The van der Waals surface area contributed by atoms with E-state index in [9.17, 15) is 13.2 Å². The third-order valence-electron chi connectivity index (χ3n) is 3.44. The van der Waals surface area contributed by atoms with Gasteiger partial charge in [-0.3, -0.25) is 4.79 Å². The quantitative estimate of drug-likeness (QED) is 0.631. The summed E-state index contributed by atoms with van der Waals surface area (Å²) in [5.41, 5.74) is 0.902. The van der Waals surface area contributed by atoms with Gasteiger partial charge >= 0.3 is 0 Å². The average molecular weight is 488 g/mol. The first-order valence-electron chi connectivity index (χ1n) is 7.91. The first-order chi connectivity index (χ1) is 12.1. The van der Waals surface area contributed by atoms with Gasteiger partial charge in [-0.05, 0) is 78.9 Å². The number of benzene rings is 2. The number of anilines is 1. The molecule has 0 unspecified atom stereocenters. The number of carbonyl (C=O) groups excluding carboxylic acids is 1. The van der Waals surface area contributed by atoms with E-state index in [0.29, 0.717) is 20.6 Å². The SMILES string of the molecule is CC(C)Oc1ccc(NC(=O)c2cc(S(=O)(=O)N(C)C)ccc2I)cc1. The second kappa shape index (κ2) is 8.36. The average Bonchev–Trinajstić information content (AvgIpc) is 2.56. The van der Waals surface area contributed by atoms with Crippen LogP contribution in [0.25, 0.3) is 0 Å². The Morgan fingerprint density at radius 3 is 2.27 bits per heavy atom. The largest absolute Gasteiger partial charge is 0.491 e. The fourth-order valence-electron chi connectivity index (χ4n) is 2.14. The second-order valence-electron chi connectivity index (χ2n) is 6.07. The molecule has 1 amide bonds. The first kappa shape index (κ1) is 20.7. The van der Waals surface area contributed by atoms with Gasteiger partial charge in [-0.25, -0.2) is 12.7 Å². The number of carbonyl (C=O) groups is 1. The molecule has 0 atom stereocenters. The molecule has 0 spiro atoms. The lowest BCUT2D eigenvalue weighted by atomic mass is 10.2. The molecule has 2 rings (SSSR count). The normalized spacial score (nSPS) is 11.7. The van der Waals surface area contributed by atoms with Crippen LogP contribution in [0.4, 0.5) is 5.69 Å². The van der Waals surface area contributed by atoms with Crippen molar-refractivity contribution < 1.29 is 17.9 Å². The van der Waals surface area contributed by atoms with Crippen LogP contribution >= 0.6 is 22.6 Å². The van der Waals surface area contributed by atoms with Crippen molar-refractivity contribution in [3.63, 3.8) is 0 Å². The smallest absolute Gasteiger partial charge is 0.256 e. The standard InChI is InChI=1S/C18H21IN2O4S/c1-12(2)25-14-7-5-13(6-8-14)20-18(22)16-11-15(9-10-17(16)19)26(23,24)21(3)4/h5-12H,1-4H3,(H,20,22). The molecule has 140 valence electrons. The Hall–Kier alpha value is -1.65. The number of nitrogens with one attached hydrogen (secondary N) is 1. The molecule has 0 aliphatic rings. The summed E-state index contributed by atoms with van der Waals surface area (Å²) in [6.07, 6.45) is 0.0680. The highest BCUT2D eigenvalue weighted by molar-refractivity contribution is 14.1. The van der Waals surface area contributed by atoms with E-state index in [4.69, 9.17) is 4.74 Å². The highest BCUT2D eigenvalue weighted by Gasteiger charge is 2.20. The van der Waals surface area contributed by atoms with E-state index < -0.39 is 10.0 Å². The molecule has 0 radical (unpaired) electrons. The van der Waals surface area contributed by atoms with Crippen molar-refractivity contribution in [1.29, 1.82) is 0 Å². The van der Waals surface area contributed by atoms with Gasteiger partial charge in [0.05, 0.1) is 16.6 Å². The van der Waals surface area contributed by atoms with Gasteiger partial charge in [0.1, 0.15) is 5.75 Å². The summed E-state index contributed by atoms with van der Waals surface area (Å²) in [5.74, 6) is 0.342. The Labute approximate surface area is 167 Å². The number of sulfonamides is 1. The van der Waals surface area contributed by atoms with Crippen LogP contribution in [0.1, 0.15) is 24.2 Å². The number of amides is 1. The predicted molar refractivity (Wildman–Crippen MR) is 110 cm³/mol. The number of hydrogen-bond donors (Lipinski definition) is 1. The van der Waals surface area contributed by atoms with Gasteiger partial charge in [-0.15, -0.1) is 0 Å². The summed E-state index contributed by atoms with van der Waals surface area (Å²) < 4.78 is 31.9. The lowest BCUT2D eigenvalue weighted by Crippen LogP contribution is -2.23. The summed E-state index contributed by atoms with van der Waals surface area (Å²) in [7, 11) is -0.702. The fourth-order valence-corrected chi connectivity index (χ4v) is 3.65. The minimum absolute atomic E-state index is 0.0680. The van der Waals surface area contributed by atoms with Crippen molar-refractivity contribution in [2.75, 3.05) is 19.4 Å². The number of hydrogen-bond acceptors (Lipinski definition) is 4. The van der Waals surface area contributed by atoms with Crippen molar-refractivity contribution in [1.82, 2.24) is 4.31 Å². The molecule has 0 aliphatic carbocycles. The van der Waals surface area contributed by atoms with Crippen molar-refractivity contribution >= 4 is 44.2 Å². The van der Waals surface area contributed by atoms with Crippen LogP contribution in [0.5, 0.6) is 5.75 Å². The predicted octanol–water partition coefficient (Wildman–Crippen LogP) is 3.58. The Balaban J connectivity index is 2.24. The topological polar surface area (TPSA) is 75.7 Å². The summed E-state index contributed by atoms with van der Waals surface area (Å²) in [6.45, 7) is 3.87. The summed E-state index contributed by atoms with van der Waals surface area (Å²) in [5, 5.41) is 2.78. The molecule has 0 heterocycles. The molecular formula is C18H21IN2O4S. The van der Waals surface area contributed by atoms with E-state index >= 15 is 0 Å². The summed E-state index contributed by atoms with van der Waals surface area (Å²) in [6, 6.07) is 11.5. The maximum Gasteiger partial charge on any atom is 0.256 e. The Morgan fingerprint density at radius 2 is 1.73 bits per heavy atom. The van der Waals surface area contributed by atoms with Crippen LogP contribution in [0, 0.1) is 3.57 Å². The van der Waals surface area contributed by atoms with E-state index in [1.807, 2.05) is 36.4 Å². The molecule has 0 aromatic heterocycles. The van der Waals surface area contributed by atoms with Crippen LogP contribution in [0.2, 0.25) is 0 Å². The van der Waals surface area contributed by atoms with Gasteiger partial charge in [-0.1, -0.05) is 0 Å². The number of nitrogens with zero attached hydrogens (tertiary/aromatic N) is 1. The first-order valence-corrected chi connectivity index (χ1v) is 10.4. The van der Waals surface area contributed by atoms with E-state index in [1.165, 1.54) is 26.2 Å². The van der Waals surface area contributed by atoms with Gasteiger partial charge in [0.15, 0.2) is 0 Å². The molecule has 0 fully saturated rings. The van der Waals surface area contributed by atoms with Crippen molar-refractivity contribution in [2.24, 2.45) is 0 Å². The molecule has 6 nitrogen and oxygen atoms in total. The molecule has 26 heavy (non-hydrogen) atoms. The lowest BCUT2D eigenvalue weighted by molar-refractivity contribution is 0.102. The van der Waals surface area contributed by atoms with Crippen molar-refractivity contribution in [3.05, 3.63) is 51.6 Å². The minimum Gasteiger partial charge on any atom is -0.491 e. The molecule has 1 N–H and O–H groups in total. The zero-order valence-corrected chi connectivity index (χ0v) is 18.0. The molecule has 0 bridgehead atoms. The molecule has 2 aromatic carbocycles. The van der Waals surface area contributed by atoms with Gasteiger partial charge in [0.2, 0.25) is 10.0 Å². The van der Waals surface area contributed by atoms with Crippen LogP contribution in [0.3, 0.4) is 0 Å². The van der Waals surface area contributed by atoms with Crippen LogP contribution < -0.4 is 10.1 Å². The molecule has 0 aliphatic heterocycles. The van der Waals surface area contributed by atoms with Gasteiger partial charge in [0.25, 0.3) is 5.91 Å². The number of halogens is 1. The maximum atomic E-state index is 12.6. The summed E-state index contributed by atoms with van der Waals surface area (Å²) >= 11 is 2.01. The van der Waals surface area contributed by atoms with Crippen molar-refractivity contribution in [3.8, 4) is 5.75 Å². The van der Waals surface area contributed by atoms with Gasteiger partial charge < -0.3 is 10.1 Å². The monoisotopic (exact) mass is 488 g/mol. The molecule has 2 aromatic rings. The fraction of sp³-hybridized carbons (Fsp3) is 0.278. The highest BCUT2D eigenvalue weighted by Crippen LogP contribution is 2.22. The third kappa shape index (κ3) is 4.95. The molecule has 0 saturated carbocycles. The highest BCUT2D eigenvalue weighted by atomic mass is 127. The van der Waals surface area contributed by atoms with E-state index in [1.54, 1.807) is 30.3 Å². The lowest BCUT2D eigenvalue weighted by Gasteiger charge is -2.14. The van der Waals surface area contributed by atoms with Crippen LogP contribution in [0.15, 0.2) is 47.4 Å². The molecular weight excluding hydrogens is 467 g/mol. The van der Waals surface area contributed by atoms with Crippen LogP contribution in [-0.4, -0.2) is 38.8 Å². The van der Waals surface area contributed by atoms with E-state index in [-0.39, 0.29) is 16.9 Å². The minimum atomic E-state index is -3.61. The Bertz CT molecular complexity index is 894. The zero-order valence-electron chi connectivity index (χ0n) is 15.0. The van der Waals surface area contributed by atoms with Gasteiger partial charge in [-0.2, -0.15) is 0 Å². The molecule has 8 heteroatoms. The molecule has 0 saturated heterocycles. The zero-order chi connectivity index (χ0) is 19.5. The van der Waals surface area contributed by atoms with Crippen molar-refractivity contribution in [2.45, 2.75) is 24.8 Å². The number of ether oxygens (including phenoxy) is 1. The van der Waals surface area contributed by atoms with Gasteiger partial charge in [0, 0.05) is 23.4 Å². The Morgan fingerprint density at radius 1 is 1.12 bits per heavy atom. The Kier molecular flexibility index (Phi) is 6.64. The van der Waals surface area contributed by atoms with Crippen LogP contribution in [-0.2, 0) is 10.0 Å². The van der Waals surface area contributed by atoms with E-state index in [2.05, 4.69) is 5.32 Å². The number of rotatable bonds is 6. The summed E-state index contributed by atoms with van der Waals surface area (Å²) in [4.78, 5) is 12.7.